The first-order valence-corrected chi connectivity index (χ1v) is 5.15. The quantitative estimate of drug-likeness (QED) is 0.751. The first-order valence-electron chi connectivity index (χ1n) is 5.15. The number of rotatable bonds is 5. The summed E-state index contributed by atoms with van der Waals surface area (Å²) in [7, 11) is 0. The van der Waals surface area contributed by atoms with Crippen LogP contribution in [0.1, 0.15) is 18.2 Å². The van der Waals surface area contributed by atoms with Gasteiger partial charge in [-0.3, -0.25) is 0 Å². The molecule has 0 bridgehead atoms. The fourth-order valence-electron chi connectivity index (χ4n) is 1.53. The van der Waals surface area contributed by atoms with Gasteiger partial charge in [-0.2, -0.15) is 0 Å². The second kappa shape index (κ2) is 5.68. The van der Waals surface area contributed by atoms with Crippen molar-refractivity contribution in [2.24, 2.45) is 0 Å². The molecule has 84 valence electrons. The number of likely N-dealkylation sites (N-methyl/N-ethyl adjacent to an activating group) is 1. The van der Waals surface area contributed by atoms with Crippen molar-refractivity contribution in [2.45, 2.75) is 20.5 Å². The number of nitrogens with zero attached hydrogens (tertiary/aromatic N) is 2. The lowest BCUT2D eigenvalue weighted by Crippen LogP contribution is -2.27. The zero-order valence-electron chi connectivity index (χ0n) is 9.27. The summed E-state index contributed by atoms with van der Waals surface area (Å²) in [4.78, 5) is 6.35. The van der Waals surface area contributed by atoms with Crippen LogP contribution in [0.25, 0.3) is 0 Å². The van der Waals surface area contributed by atoms with Crippen LogP contribution in [0.15, 0.2) is 12.1 Å². The average molecular weight is 210 g/mol. The summed E-state index contributed by atoms with van der Waals surface area (Å²) in [5.41, 5.74) is 1.74. The number of hydrogen-bond donors (Lipinski definition) is 2. The molecule has 0 amide bonds. The molecule has 0 spiro atoms. The van der Waals surface area contributed by atoms with E-state index in [9.17, 15) is 0 Å². The van der Waals surface area contributed by atoms with Crippen LogP contribution in [0.4, 0.5) is 5.82 Å². The van der Waals surface area contributed by atoms with Gasteiger partial charge in [0.1, 0.15) is 5.82 Å². The van der Waals surface area contributed by atoms with Crippen LogP contribution in [-0.4, -0.2) is 34.9 Å². The molecule has 0 aromatic carbocycles. The Hall–Kier alpha value is -1.13. The van der Waals surface area contributed by atoms with Crippen LogP contribution in [0.2, 0.25) is 0 Å². The van der Waals surface area contributed by atoms with Crippen molar-refractivity contribution >= 4 is 5.82 Å². The molecule has 0 radical (unpaired) electrons. The lowest BCUT2D eigenvalue weighted by molar-refractivity contribution is 0.281. The molecule has 0 aliphatic rings. The van der Waals surface area contributed by atoms with E-state index in [-0.39, 0.29) is 13.2 Å². The predicted octanol–water partition coefficient (Wildman–Crippen LogP) is 0.701. The Kier molecular flexibility index (Phi) is 4.52. The smallest absolute Gasteiger partial charge is 0.129 e. The van der Waals surface area contributed by atoms with Crippen molar-refractivity contribution in [2.75, 3.05) is 24.6 Å². The molecule has 0 saturated heterocycles. The van der Waals surface area contributed by atoms with Crippen molar-refractivity contribution in [3.63, 3.8) is 0 Å². The molecule has 4 heteroatoms. The number of aryl methyl sites for hydroxylation is 1. The first-order chi connectivity index (χ1) is 7.21. The van der Waals surface area contributed by atoms with Gasteiger partial charge in [0.05, 0.1) is 13.2 Å². The minimum Gasteiger partial charge on any atom is -0.395 e. The van der Waals surface area contributed by atoms with E-state index >= 15 is 0 Å². The molecule has 0 saturated carbocycles. The van der Waals surface area contributed by atoms with Gasteiger partial charge in [0.15, 0.2) is 0 Å². The molecule has 1 heterocycles. The third kappa shape index (κ3) is 3.18. The van der Waals surface area contributed by atoms with Crippen molar-refractivity contribution < 1.29 is 10.2 Å². The number of anilines is 1. The van der Waals surface area contributed by atoms with Gasteiger partial charge in [-0.15, -0.1) is 0 Å². The Balaban J connectivity index is 2.95. The van der Waals surface area contributed by atoms with Crippen LogP contribution in [0.3, 0.4) is 0 Å². The molecule has 4 nitrogen and oxygen atoms in total. The normalized spacial score (nSPS) is 10.4. The summed E-state index contributed by atoms with van der Waals surface area (Å²) in [5, 5.41) is 18.0. The summed E-state index contributed by atoms with van der Waals surface area (Å²) in [5.74, 6) is 0.815. The van der Waals surface area contributed by atoms with E-state index in [0.29, 0.717) is 6.54 Å². The highest BCUT2D eigenvalue weighted by atomic mass is 16.3. The lowest BCUT2D eigenvalue weighted by Gasteiger charge is -2.21. The summed E-state index contributed by atoms with van der Waals surface area (Å²) in [6.45, 7) is 5.40. The zero-order chi connectivity index (χ0) is 11.3. The van der Waals surface area contributed by atoms with Gasteiger partial charge < -0.3 is 15.1 Å². The SMILES string of the molecule is CCN(CCO)c1cc(CO)cc(C)n1. The standard InChI is InChI=1S/C11H18N2O2/c1-3-13(4-5-14)11-7-10(8-15)6-9(2)12-11/h6-7,14-15H,3-5,8H2,1-2H3. The number of hydrogen-bond acceptors (Lipinski definition) is 4. The second-order valence-electron chi connectivity index (χ2n) is 3.44. The highest BCUT2D eigenvalue weighted by molar-refractivity contribution is 5.42. The number of aliphatic hydroxyl groups is 2. The van der Waals surface area contributed by atoms with Gasteiger partial charge in [0.25, 0.3) is 0 Å². The maximum Gasteiger partial charge on any atom is 0.129 e. The highest BCUT2D eigenvalue weighted by Gasteiger charge is 2.06. The van der Waals surface area contributed by atoms with Crippen molar-refractivity contribution in [1.29, 1.82) is 0 Å². The fraction of sp³-hybridized carbons (Fsp3) is 0.545. The van der Waals surface area contributed by atoms with E-state index in [4.69, 9.17) is 10.2 Å². The maximum atomic E-state index is 9.08. The van der Waals surface area contributed by atoms with Crippen LogP contribution < -0.4 is 4.90 Å². The molecule has 1 aromatic heterocycles. The van der Waals surface area contributed by atoms with Gasteiger partial charge in [-0.1, -0.05) is 0 Å². The van der Waals surface area contributed by atoms with Crippen molar-refractivity contribution in [3.05, 3.63) is 23.4 Å². The molecule has 0 unspecified atom stereocenters. The van der Waals surface area contributed by atoms with E-state index in [1.54, 1.807) is 0 Å². The van der Waals surface area contributed by atoms with Crippen molar-refractivity contribution in [1.82, 2.24) is 4.98 Å². The fourth-order valence-corrected chi connectivity index (χ4v) is 1.53. The Bertz CT molecular complexity index is 315. The van der Waals surface area contributed by atoms with Gasteiger partial charge in [-0.25, -0.2) is 4.98 Å². The van der Waals surface area contributed by atoms with Crippen LogP contribution >= 0.6 is 0 Å². The summed E-state index contributed by atoms with van der Waals surface area (Å²) < 4.78 is 0. The first kappa shape index (κ1) is 11.9. The van der Waals surface area contributed by atoms with E-state index < -0.39 is 0 Å². The molecular weight excluding hydrogens is 192 g/mol. The molecule has 2 N–H and O–H groups in total. The number of aliphatic hydroxyl groups excluding tert-OH is 2. The second-order valence-corrected chi connectivity index (χ2v) is 3.44. The topological polar surface area (TPSA) is 56.6 Å². The largest absolute Gasteiger partial charge is 0.395 e. The zero-order valence-corrected chi connectivity index (χ0v) is 9.27. The van der Waals surface area contributed by atoms with E-state index in [0.717, 1.165) is 23.6 Å². The maximum absolute atomic E-state index is 9.08. The van der Waals surface area contributed by atoms with Gasteiger partial charge >= 0.3 is 0 Å². The van der Waals surface area contributed by atoms with Crippen LogP contribution in [0.5, 0.6) is 0 Å². The molecule has 0 atom stereocenters. The van der Waals surface area contributed by atoms with Gasteiger partial charge in [-0.05, 0) is 31.5 Å². The minimum atomic E-state index is 0.0209. The van der Waals surface area contributed by atoms with E-state index in [1.807, 2.05) is 30.9 Å². The Morgan fingerprint density at radius 3 is 2.60 bits per heavy atom. The molecule has 1 aromatic rings. The minimum absolute atomic E-state index is 0.0209. The van der Waals surface area contributed by atoms with E-state index in [2.05, 4.69) is 4.98 Å². The number of aromatic nitrogens is 1. The average Bonchev–Trinajstić information content (AvgIpc) is 2.24. The predicted molar refractivity (Wildman–Crippen MR) is 59.9 cm³/mol. The highest BCUT2D eigenvalue weighted by Crippen LogP contribution is 2.14. The number of pyridine rings is 1. The molecule has 0 aliphatic carbocycles. The summed E-state index contributed by atoms with van der Waals surface area (Å²) >= 11 is 0. The molecule has 1 rings (SSSR count). The van der Waals surface area contributed by atoms with Crippen LogP contribution in [-0.2, 0) is 6.61 Å². The Morgan fingerprint density at radius 1 is 1.33 bits per heavy atom. The monoisotopic (exact) mass is 210 g/mol. The molecule has 0 fully saturated rings. The third-order valence-electron chi connectivity index (χ3n) is 2.26. The molecular formula is C11H18N2O2. The molecule has 15 heavy (non-hydrogen) atoms. The van der Waals surface area contributed by atoms with Crippen molar-refractivity contribution in [3.8, 4) is 0 Å². The Morgan fingerprint density at radius 2 is 2.07 bits per heavy atom. The molecule has 0 aliphatic heterocycles. The van der Waals surface area contributed by atoms with Gasteiger partial charge in [0.2, 0.25) is 0 Å². The Labute approximate surface area is 90.2 Å². The lowest BCUT2D eigenvalue weighted by atomic mass is 10.2. The van der Waals surface area contributed by atoms with E-state index in [1.165, 1.54) is 0 Å². The third-order valence-corrected chi connectivity index (χ3v) is 2.26. The van der Waals surface area contributed by atoms with Gasteiger partial charge in [0, 0.05) is 18.8 Å². The summed E-state index contributed by atoms with van der Waals surface area (Å²) in [6.07, 6.45) is 0. The summed E-state index contributed by atoms with van der Waals surface area (Å²) in [6, 6.07) is 3.71. The van der Waals surface area contributed by atoms with Crippen LogP contribution in [0, 0.1) is 6.92 Å².